The van der Waals surface area contributed by atoms with E-state index in [2.05, 4.69) is 11.2 Å². The molecule has 1 aromatic rings. The van der Waals surface area contributed by atoms with Gasteiger partial charge in [-0.05, 0) is 12.1 Å². The predicted octanol–water partition coefficient (Wildman–Crippen LogP) is 2.08. The molecule has 0 fully saturated rings. The Morgan fingerprint density at radius 3 is 2.71 bits per heavy atom. The van der Waals surface area contributed by atoms with Crippen LogP contribution in [0, 0.1) is 12.3 Å². The van der Waals surface area contributed by atoms with E-state index in [4.69, 9.17) is 6.42 Å². The maximum Gasteiger partial charge on any atom is 0.152 e. The minimum atomic E-state index is 0.145. The molecule has 14 heavy (non-hydrogen) atoms. The van der Waals surface area contributed by atoms with Crippen molar-refractivity contribution in [3.05, 3.63) is 30.3 Å². The van der Waals surface area contributed by atoms with Crippen LogP contribution in [0.4, 0.5) is 5.69 Å². The van der Waals surface area contributed by atoms with Gasteiger partial charge in [0.25, 0.3) is 0 Å². The largest absolute Gasteiger partial charge is 0.378 e. The number of hydrogen-bond acceptors (Lipinski definition) is 2. The molecule has 1 aromatic carbocycles. The van der Waals surface area contributed by atoms with Crippen LogP contribution in [0.1, 0.15) is 12.8 Å². The Hall–Kier alpha value is -1.75. The second-order valence-electron chi connectivity index (χ2n) is 2.96. The number of benzene rings is 1. The van der Waals surface area contributed by atoms with E-state index in [0.29, 0.717) is 19.4 Å². The lowest BCUT2D eigenvalue weighted by Gasteiger charge is -2.03. The zero-order valence-corrected chi connectivity index (χ0v) is 7.99. The summed E-state index contributed by atoms with van der Waals surface area (Å²) in [6.07, 6.45) is 6.04. The number of carbonyl (C=O) groups excluding carboxylic acids is 1. The minimum absolute atomic E-state index is 0.145. The molecule has 0 aromatic heterocycles. The summed E-state index contributed by atoms with van der Waals surface area (Å²) in [7, 11) is 0. The van der Waals surface area contributed by atoms with Crippen LogP contribution in [0.2, 0.25) is 0 Å². The van der Waals surface area contributed by atoms with Crippen molar-refractivity contribution in [1.29, 1.82) is 0 Å². The monoisotopic (exact) mass is 187 g/mol. The molecular formula is C12H13NO. The maximum atomic E-state index is 11.2. The van der Waals surface area contributed by atoms with Crippen molar-refractivity contribution in [1.82, 2.24) is 0 Å². The Balaban J connectivity index is 2.28. The Morgan fingerprint density at radius 1 is 1.36 bits per heavy atom. The lowest BCUT2D eigenvalue weighted by atomic mass is 10.2. The standard InChI is InChI=1S/C12H13NO/c1-2-3-9-12(14)10-13-11-7-5-4-6-8-11/h1,4-8,13H,3,9-10H2. The van der Waals surface area contributed by atoms with E-state index in [-0.39, 0.29) is 5.78 Å². The normalized spacial score (nSPS) is 9.07. The fourth-order valence-corrected chi connectivity index (χ4v) is 1.06. The molecule has 72 valence electrons. The van der Waals surface area contributed by atoms with E-state index in [0.717, 1.165) is 5.69 Å². The summed E-state index contributed by atoms with van der Waals surface area (Å²) < 4.78 is 0. The Kier molecular flexibility index (Phi) is 4.30. The third-order valence-corrected chi connectivity index (χ3v) is 1.81. The first kappa shape index (κ1) is 10.3. The fourth-order valence-electron chi connectivity index (χ4n) is 1.06. The van der Waals surface area contributed by atoms with Gasteiger partial charge in [0.2, 0.25) is 0 Å². The van der Waals surface area contributed by atoms with Gasteiger partial charge in [0.1, 0.15) is 0 Å². The van der Waals surface area contributed by atoms with Gasteiger partial charge in [-0.25, -0.2) is 0 Å². The molecular weight excluding hydrogens is 174 g/mol. The van der Waals surface area contributed by atoms with Crippen molar-refractivity contribution in [3.8, 4) is 12.3 Å². The first-order valence-electron chi connectivity index (χ1n) is 4.57. The third-order valence-electron chi connectivity index (χ3n) is 1.81. The summed E-state index contributed by atoms with van der Waals surface area (Å²) >= 11 is 0. The van der Waals surface area contributed by atoms with E-state index in [9.17, 15) is 4.79 Å². The summed E-state index contributed by atoms with van der Waals surface area (Å²) in [5, 5.41) is 3.04. The molecule has 0 aliphatic rings. The van der Waals surface area contributed by atoms with Crippen LogP contribution in [-0.4, -0.2) is 12.3 Å². The lowest BCUT2D eigenvalue weighted by molar-refractivity contribution is -0.117. The first-order valence-corrected chi connectivity index (χ1v) is 4.57. The summed E-state index contributed by atoms with van der Waals surface area (Å²) in [5.41, 5.74) is 0.960. The smallest absolute Gasteiger partial charge is 0.152 e. The van der Waals surface area contributed by atoms with Crippen molar-refractivity contribution < 1.29 is 4.79 Å². The van der Waals surface area contributed by atoms with Crippen molar-refractivity contribution in [2.75, 3.05) is 11.9 Å². The highest BCUT2D eigenvalue weighted by Gasteiger charge is 1.99. The number of carbonyl (C=O) groups is 1. The quantitative estimate of drug-likeness (QED) is 0.715. The summed E-state index contributed by atoms with van der Waals surface area (Å²) in [4.78, 5) is 11.2. The molecule has 0 amide bonds. The number of terminal acetylenes is 1. The van der Waals surface area contributed by atoms with Crippen LogP contribution in [0.15, 0.2) is 30.3 Å². The lowest BCUT2D eigenvalue weighted by Crippen LogP contribution is -2.12. The third kappa shape index (κ3) is 3.77. The zero-order chi connectivity index (χ0) is 10.2. The highest BCUT2D eigenvalue weighted by molar-refractivity contribution is 5.83. The first-order chi connectivity index (χ1) is 6.83. The van der Waals surface area contributed by atoms with Crippen LogP contribution in [-0.2, 0) is 4.79 Å². The van der Waals surface area contributed by atoms with Gasteiger partial charge in [-0.3, -0.25) is 4.79 Å². The molecule has 0 saturated heterocycles. The average molecular weight is 187 g/mol. The van der Waals surface area contributed by atoms with Gasteiger partial charge in [0.15, 0.2) is 5.78 Å². The predicted molar refractivity (Wildman–Crippen MR) is 58.0 cm³/mol. The Morgan fingerprint density at radius 2 is 2.07 bits per heavy atom. The number of hydrogen-bond donors (Lipinski definition) is 1. The highest BCUT2D eigenvalue weighted by Crippen LogP contribution is 2.04. The maximum absolute atomic E-state index is 11.2. The molecule has 0 saturated carbocycles. The molecule has 0 atom stereocenters. The summed E-state index contributed by atoms with van der Waals surface area (Å²) in [5.74, 6) is 2.59. The number of rotatable bonds is 5. The van der Waals surface area contributed by atoms with Gasteiger partial charge in [-0.1, -0.05) is 18.2 Å². The second-order valence-corrected chi connectivity index (χ2v) is 2.96. The van der Waals surface area contributed by atoms with Gasteiger partial charge in [-0.15, -0.1) is 12.3 Å². The number of nitrogens with one attached hydrogen (secondary N) is 1. The molecule has 2 nitrogen and oxygen atoms in total. The van der Waals surface area contributed by atoms with E-state index < -0.39 is 0 Å². The van der Waals surface area contributed by atoms with E-state index in [1.807, 2.05) is 30.3 Å². The molecule has 0 spiro atoms. The molecule has 0 aliphatic heterocycles. The molecule has 1 N–H and O–H groups in total. The van der Waals surface area contributed by atoms with Crippen molar-refractivity contribution in [2.24, 2.45) is 0 Å². The van der Waals surface area contributed by atoms with Crippen molar-refractivity contribution in [3.63, 3.8) is 0 Å². The molecule has 0 aliphatic carbocycles. The van der Waals surface area contributed by atoms with E-state index >= 15 is 0 Å². The van der Waals surface area contributed by atoms with E-state index in [1.165, 1.54) is 0 Å². The zero-order valence-electron chi connectivity index (χ0n) is 7.99. The molecule has 0 bridgehead atoms. The Labute approximate surface area is 84.3 Å². The van der Waals surface area contributed by atoms with Crippen LogP contribution < -0.4 is 5.32 Å². The number of Topliss-reactive ketones (excluding diaryl/α,β-unsaturated/α-hetero) is 1. The van der Waals surface area contributed by atoms with E-state index in [1.54, 1.807) is 0 Å². The van der Waals surface area contributed by atoms with Crippen molar-refractivity contribution in [2.45, 2.75) is 12.8 Å². The molecule has 2 heteroatoms. The van der Waals surface area contributed by atoms with Crippen LogP contribution in [0.3, 0.4) is 0 Å². The van der Waals surface area contributed by atoms with Gasteiger partial charge < -0.3 is 5.32 Å². The van der Waals surface area contributed by atoms with Gasteiger partial charge in [0.05, 0.1) is 6.54 Å². The average Bonchev–Trinajstić information content (AvgIpc) is 2.25. The number of anilines is 1. The molecule has 0 radical (unpaired) electrons. The molecule has 0 heterocycles. The SMILES string of the molecule is C#CCCC(=O)CNc1ccccc1. The van der Waals surface area contributed by atoms with Gasteiger partial charge >= 0.3 is 0 Å². The second kappa shape index (κ2) is 5.82. The van der Waals surface area contributed by atoms with Crippen LogP contribution in [0.25, 0.3) is 0 Å². The Bertz CT molecular complexity index is 324. The van der Waals surface area contributed by atoms with Crippen LogP contribution >= 0.6 is 0 Å². The summed E-state index contributed by atoms with van der Waals surface area (Å²) in [6.45, 7) is 0.353. The molecule has 0 unspecified atom stereocenters. The molecule has 1 rings (SSSR count). The van der Waals surface area contributed by atoms with Gasteiger partial charge in [-0.2, -0.15) is 0 Å². The topological polar surface area (TPSA) is 29.1 Å². The van der Waals surface area contributed by atoms with Gasteiger partial charge in [0, 0.05) is 18.5 Å². The number of para-hydroxylation sites is 1. The summed E-state index contributed by atoms with van der Waals surface area (Å²) in [6, 6.07) is 9.64. The number of ketones is 1. The van der Waals surface area contributed by atoms with Crippen molar-refractivity contribution >= 4 is 11.5 Å². The minimum Gasteiger partial charge on any atom is -0.378 e. The fraction of sp³-hybridized carbons (Fsp3) is 0.250. The highest BCUT2D eigenvalue weighted by atomic mass is 16.1. The van der Waals surface area contributed by atoms with Crippen LogP contribution in [0.5, 0.6) is 0 Å².